The van der Waals surface area contributed by atoms with Crippen LogP contribution in [0.3, 0.4) is 0 Å². The van der Waals surface area contributed by atoms with Crippen LogP contribution in [0.15, 0.2) is 28.5 Å². The van der Waals surface area contributed by atoms with E-state index in [1.165, 1.54) is 5.41 Å². The molecule has 0 aromatic heterocycles. The monoisotopic (exact) mass is 257 g/mol. The second kappa shape index (κ2) is 4.20. The van der Waals surface area contributed by atoms with Gasteiger partial charge in [-0.2, -0.15) is 0 Å². The summed E-state index contributed by atoms with van der Waals surface area (Å²) in [5, 5.41) is 4.70. The third-order valence-electron chi connectivity index (χ3n) is 2.46. The van der Waals surface area contributed by atoms with E-state index in [0.717, 1.165) is 12.1 Å². The third kappa shape index (κ3) is 1.88. The van der Waals surface area contributed by atoms with E-state index >= 15 is 0 Å². The maximum absolute atomic E-state index is 11.9. The Hall–Kier alpha value is -0.840. The minimum atomic E-state index is -3.35. The average molecular weight is 258 g/mol. The molecule has 1 heterocycles. The molecule has 3 nitrogen and oxygen atoms in total. The molecule has 1 aliphatic heterocycles. The molecule has 1 aliphatic rings. The van der Waals surface area contributed by atoms with Crippen LogP contribution < -0.4 is 5.32 Å². The molecule has 0 unspecified atom stereocenters. The number of likely N-dealkylation sites (N-methyl/N-ethyl adjacent to an activating group) is 1. The van der Waals surface area contributed by atoms with Crippen LogP contribution in [0, 0.1) is 0 Å². The lowest BCUT2D eigenvalue weighted by Gasteiger charge is -2.05. The summed E-state index contributed by atoms with van der Waals surface area (Å²) in [6.07, 6.45) is 0. The van der Waals surface area contributed by atoms with E-state index < -0.39 is 9.84 Å². The molecule has 86 valence electrons. The number of fused-ring (bicyclic) bond motifs is 1. The van der Waals surface area contributed by atoms with Gasteiger partial charge < -0.3 is 5.32 Å². The van der Waals surface area contributed by atoms with Crippen molar-refractivity contribution in [3.8, 4) is 0 Å². The van der Waals surface area contributed by atoms with E-state index in [2.05, 4.69) is 5.32 Å². The molecule has 0 saturated heterocycles. The Balaban J connectivity index is 2.52. The maximum atomic E-state index is 11.9. The van der Waals surface area contributed by atoms with Crippen molar-refractivity contribution in [1.29, 1.82) is 0 Å². The first kappa shape index (κ1) is 11.6. The number of hydrogen-bond acceptors (Lipinski definition) is 3. The smallest absolute Gasteiger partial charge is 0.202 e. The number of benzene rings is 1. The van der Waals surface area contributed by atoms with Gasteiger partial charge in [0.1, 0.15) is 0 Å². The van der Waals surface area contributed by atoms with Gasteiger partial charge in [0.2, 0.25) is 9.84 Å². The van der Waals surface area contributed by atoms with E-state index in [0.29, 0.717) is 17.1 Å². The van der Waals surface area contributed by atoms with Crippen LogP contribution in [0.25, 0.3) is 5.57 Å². The van der Waals surface area contributed by atoms with Crippen molar-refractivity contribution in [2.45, 2.75) is 11.8 Å². The number of halogens is 1. The van der Waals surface area contributed by atoms with Crippen molar-refractivity contribution in [1.82, 2.24) is 5.32 Å². The Morgan fingerprint density at radius 2 is 2.12 bits per heavy atom. The van der Waals surface area contributed by atoms with E-state index in [-0.39, 0.29) is 4.90 Å². The largest absolute Gasteiger partial charge is 0.313 e. The molecule has 0 atom stereocenters. The lowest BCUT2D eigenvalue weighted by atomic mass is 10.1. The minimum absolute atomic E-state index is 0.240. The maximum Gasteiger partial charge on any atom is 0.202 e. The average Bonchev–Trinajstić information content (AvgIpc) is 2.49. The molecule has 0 aliphatic carbocycles. The van der Waals surface area contributed by atoms with Crippen LogP contribution in [0.4, 0.5) is 0 Å². The highest BCUT2D eigenvalue weighted by Gasteiger charge is 2.28. The van der Waals surface area contributed by atoms with Crippen LogP contribution in [0.5, 0.6) is 0 Å². The van der Waals surface area contributed by atoms with E-state index in [9.17, 15) is 8.42 Å². The molecular weight excluding hydrogens is 246 g/mol. The SMILES string of the molecule is CCNCC1=CS(=O)(=O)c2c(Cl)cccc21. The van der Waals surface area contributed by atoms with Gasteiger partial charge >= 0.3 is 0 Å². The topological polar surface area (TPSA) is 46.2 Å². The van der Waals surface area contributed by atoms with Crippen molar-refractivity contribution in [2.75, 3.05) is 13.1 Å². The molecule has 1 aromatic carbocycles. The van der Waals surface area contributed by atoms with Crippen LogP contribution in [-0.2, 0) is 9.84 Å². The van der Waals surface area contributed by atoms with Crippen molar-refractivity contribution in [3.05, 3.63) is 34.2 Å². The molecule has 1 aromatic rings. The van der Waals surface area contributed by atoms with Crippen LogP contribution >= 0.6 is 11.6 Å². The number of sulfone groups is 1. The summed E-state index contributed by atoms with van der Waals surface area (Å²) in [5.74, 6) is 0. The molecular formula is C11H12ClNO2S. The number of nitrogens with one attached hydrogen (secondary N) is 1. The zero-order valence-electron chi connectivity index (χ0n) is 8.83. The summed E-state index contributed by atoms with van der Waals surface area (Å²) < 4.78 is 23.7. The summed E-state index contributed by atoms with van der Waals surface area (Å²) in [6, 6.07) is 5.15. The zero-order chi connectivity index (χ0) is 11.8. The second-order valence-electron chi connectivity index (χ2n) is 3.58. The van der Waals surface area contributed by atoms with E-state index in [1.807, 2.05) is 6.92 Å². The van der Waals surface area contributed by atoms with Gasteiger partial charge in [0.05, 0.1) is 9.92 Å². The summed E-state index contributed by atoms with van der Waals surface area (Å²) in [6.45, 7) is 3.32. The molecule has 0 bridgehead atoms. The van der Waals surface area contributed by atoms with E-state index in [4.69, 9.17) is 11.6 Å². The van der Waals surface area contributed by atoms with Gasteiger partial charge in [0.25, 0.3) is 0 Å². The molecule has 1 N–H and O–H groups in total. The van der Waals surface area contributed by atoms with Crippen LogP contribution in [0.1, 0.15) is 12.5 Å². The van der Waals surface area contributed by atoms with Gasteiger partial charge in [-0.25, -0.2) is 8.42 Å². The molecule has 0 amide bonds. The minimum Gasteiger partial charge on any atom is -0.313 e. The first-order chi connectivity index (χ1) is 7.56. The number of rotatable bonds is 3. The molecule has 0 spiro atoms. The zero-order valence-corrected chi connectivity index (χ0v) is 10.4. The van der Waals surface area contributed by atoms with Gasteiger partial charge in [-0.3, -0.25) is 0 Å². The van der Waals surface area contributed by atoms with Gasteiger partial charge in [0.15, 0.2) is 0 Å². The van der Waals surface area contributed by atoms with Gasteiger partial charge in [-0.15, -0.1) is 0 Å². The Labute approximate surface area is 100 Å². The summed E-state index contributed by atoms with van der Waals surface area (Å²) >= 11 is 5.92. The van der Waals surface area contributed by atoms with Crippen molar-refractivity contribution < 1.29 is 8.42 Å². The lowest BCUT2D eigenvalue weighted by Crippen LogP contribution is -2.14. The second-order valence-corrected chi connectivity index (χ2v) is 5.73. The van der Waals surface area contributed by atoms with Gasteiger partial charge in [0, 0.05) is 17.5 Å². The number of hydrogen-bond donors (Lipinski definition) is 1. The van der Waals surface area contributed by atoms with Crippen LogP contribution in [0.2, 0.25) is 5.02 Å². The van der Waals surface area contributed by atoms with Crippen molar-refractivity contribution >= 4 is 27.0 Å². The first-order valence-electron chi connectivity index (χ1n) is 5.01. The predicted octanol–water partition coefficient (Wildman–Crippen LogP) is 2.08. The highest BCUT2D eigenvalue weighted by molar-refractivity contribution is 7.95. The lowest BCUT2D eigenvalue weighted by molar-refractivity contribution is 0.605. The van der Waals surface area contributed by atoms with Crippen LogP contribution in [-0.4, -0.2) is 21.5 Å². The Morgan fingerprint density at radius 3 is 2.81 bits per heavy atom. The van der Waals surface area contributed by atoms with Gasteiger partial charge in [-0.05, 0) is 18.2 Å². The predicted molar refractivity (Wildman–Crippen MR) is 65.2 cm³/mol. The molecule has 5 heteroatoms. The standard InChI is InChI=1S/C11H12ClNO2S/c1-2-13-6-8-7-16(14,15)11-9(8)4-3-5-10(11)12/h3-5,7,13H,2,6H2,1H3. The summed E-state index contributed by atoms with van der Waals surface area (Å²) in [5.41, 5.74) is 1.49. The molecule has 0 radical (unpaired) electrons. The van der Waals surface area contributed by atoms with E-state index in [1.54, 1.807) is 18.2 Å². The fraction of sp³-hybridized carbons (Fsp3) is 0.273. The van der Waals surface area contributed by atoms with Crippen molar-refractivity contribution in [3.63, 3.8) is 0 Å². The van der Waals surface area contributed by atoms with Gasteiger partial charge in [-0.1, -0.05) is 30.7 Å². The first-order valence-corrected chi connectivity index (χ1v) is 6.94. The summed E-state index contributed by atoms with van der Waals surface area (Å²) in [7, 11) is -3.35. The quantitative estimate of drug-likeness (QED) is 0.902. The Kier molecular flexibility index (Phi) is 3.06. The fourth-order valence-corrected chi connectivity index (χ4v) is 3.80. The molecule has 2 rings (SSSR count). The molecule has 0 fully saturated rings. The fourth-order valence-electron chi connectivity index (χ4n) is 1.76. The Bertz CT molecular complexity index is 549. The third-order valence-corrected chi connectivity index (χ3v) is 4.49. The Morgan fingerprint density at radius 1 is 1.38 bits per heavy atom. The summed E-state index contributed by atoms with van der Waals surface area (Å²) in [4.78, 5) is 0.240. The highest BCUT2D eigenvalue weighted by Crippen LogP contribution is 2.37. The van der Waals surface area contributed by atoms with Crippen molar-refractivity contribution in [2.24, 2.45) is 0 Å². The molecule has 0 saturated carbocycles. The molecule has 16 heavy (non-hydrogen) atoms. The normalized spacial score (nSPS) is 17.0. The highest BCUT2D eigenvalue weighted by atomic mass is 35.5.